The predicted molar refractivity (Wildman–Crippen MR) is 28.7 cm³/mol. The molecule has 0 aliphatic rings. The van der Waals surface area contributed by atoms with Crippen LogP contribution in [0.15, 0.2) is 0 Å². The summed E-state index contributed by atoms with van der Waals surface area (Å²) in [5.41, 5.74) is 6.31. The van der Waals surface area contributed by atoms with E-state index in [1.54, 1.807) is 0 Å². The van der Waals surface area contributed by atoms with Crippen molar-refractivity contribution >= 4 is 5.91 Å². The molecule has 0 fully saturated rings. The first kappa shape index (κ1) is 8.32. The molecular weight excluding hydrogens is 140 g/mol. The molecule has 4 N–H and O–H groups in total. The van der Waals surface area contributed by atoms with Crippen LogP contribution in [0, 0.1) is 21.4 Å². The summed E-state index contributed by atoms with van der Waals surface area (Å²) in [5.74, 6) is -1.47. The summed E-state index contributed by atoms with van der Waals surface area (Å²) in [5, 5.41) is 17.9. The van der Waals surface area contributed by atoms with E-state index < -0.39 is 16.5 Å². The zero-order valence-corrected chi connectivity index (χ0v) is 4.77. The lowest BCUT2D eigenvalue weighted by atomic mass is 10.2. The van der Waals surface area contributed by atoms with Crippen molar-refractivity contribution in [3.05, 3.63) is 10.1 Å². The summed E-state index contributed by atoms with van der Waals surface area (Å²) in [6.07, 6.45) is 0. The lowest BCUT2D eigenvalue weighted by Crippen LogP contribution is -2.56. The van der Waals surface area contributed by atoms with E-state index in [9.17, 15) is 14.9 Å². The lowest BCUT2D eigenvalue weighted by Gasteiger charge is -2.05. The summed E-state index contributed by atoms with van der Waals surface area (Å²) in [6, 6.07) is 0.981. The van der Waals surface area contributed by atoms with E-state index in [0.717, 1.165) is 6.07 Å². The van der Waals surface area contributed by atoms with Gasteiger partial charge in [-0.25, -0.2) is 5.73 Å². The summed E-state index contributed by atoms with van der Waals surface area (Å²) < 4.78 is 0. The van der Waals surface area contributed by atoms with Crippen molar-refractivity contribution in [2.24, 2.45) is 11.5 Å². The minimum atomic E-state index is -2.79. The second-order valence-corrected chi connectivity index (χ2v) is 1.50. The zero-order chi connectivity index (χ0) is 8.36. The van der Waals surface area contributed by atoms with E-state index >= 15 is 0 Å². The summed E-state index contributed by atoms with van der Waals surface area (Å²) in [4.78, 5) is 18.7. The van der Waals surface area contributed by atoms with Crippen LogP contribution in [-0.2, 0) is 4.79 Å². The number of nitriles is 1. The van der Waals surface area contributed by atoms with Crippen LogP contribution in [0.1, 0.15) is 0 Å². The normalized spacial score (nSPS) is 14.8. The molecule has 0 aromatic heterocycles. The highest BCUT2D eigenvalue weighted by Gasteiger charge is 2.45. The van der Waals surface area contributed by atoms with Crippen LogP contribution in [0.5, 0.6) is 0 Å². The molecule has 0 bridgehead atoms. The lowest BCUT2D eigenvalue weighted by molar-refractivity contribution is -0.534. The molecule has 0 rings (SSSR count). The standard InChI is InChI=1S/C3H4N4O3/c4-1-3(6,2(5)8)7(9)10/h6H2,(H2,5,8). The molecule has 7 nitrogen and oxygen atoms in total. The molecule has 0 saturated carbocycles. The minimum Gasteiger partial charge on any atom is -0.361 e. The van der Waals surface area contributed by atoms with Crippen molar-refractivity contribution in [3.63, 3.8) is 0 Å². The second-order valence-electron chi connectivity index (χ2n) is 1.50. The number of carbonyl (C=O) groups is 1. The third kappa shape index (κ3) is 1.01. The summed E-state index contributed by atoms with van der Waals surface area (Å²) >= 11 is 0. The molecule has 0 aromatic carbocycles. The highest BCUT2D eigenvalue weighted by atomic mass is 16.6. The average Bonchev–Trinajstić information content (AvgIpc) is 1.85. The molecule has 1 atom stereocenters. The molecule has 0 heterocycles. The summed E-state index contributed by atoms with van der Waals surface area (Å²) in [6.45, 7) is 0. The Morgan fingerprint density at radius 1 is 1.80 bits per heavy atom. The maximum absolute atomic E-state index is 10.1. The minimum absolute atomic E-state index is 0.981. The van der Waals surface area contributed by atoms with E-state index in [1.807, 2.05) is 0 Å². The average molecular weight is 144 g/mol. The topological polar surface area (TPSA) is 136 Å². The van der Waals surface area contributed by atoms with E-state index in [0.29, 0.717) is 0 Å². The van der Waals surface area contributed by atoms with Gasteiger partial charge < -0.3 is 5.73 Å². The Bertz CT molecular complexity index is 202. The SMILES string of the molecule is N#CC(N)(C(N)=O)[N+](=O)[O-]. The second kappa shape index (κ2) is 2.28. The Morgan fingerprint density at radius 3 is 2.20 bits per heavy atom. The molecule has 0 spiro atoms. The van der Waals surface area contributed by atoms with Crippen LogP contribution in [0.2, 0.25) is 0 Å². The van der Waals surface area contributed by atoms with Gasteiger partial charge in [0.25, 0.3) is 0 Å². The van der Waals surface area contributed by atoms with Crippen LogP contribution in [0.4, 0.5) is 0 Å². The fourth-order valence-electron chi connectivity index (χ4n) is 0.186. The number of carbonyl (C=O) groups excluding carboxylic acids is 1. The number of nitrogens with zero attached hydrogens (tertiary/aromatic N) is 2. The number of amides is 1. The van der Waals surface area contributed by atoms with Gasteiger partial charge in [-0.05, 0) is 0 Å². The number of nitrogens with two attached hydrogens (primary N) is 2. The Morgan fingerprint density at radius 2 is 2.20 bits per heavy atom. The number of primary amides is 1. The maximum Gasteiger partial charge on any atom is 0.436 e. The zero-order valence-electron chi connectivity index (χ0n) is 4.77. The van der Waals surface area contributed by atoms with Gasteiger partial charge in [-0.1, -0.05) is 0 Å². The molecule has 1 amide bonds. The first-order valence-corrected chi connectivity index (χ1v) is 2.09. The van der Waals surface area contributed by atoms with Crippen LogP contribution in [-0.4, -0.2) is 16.5 Å². The molecule has 1 unspecified atom stereocenters. The third-order valence-corrected chi connectivity index (χ3v) is 0.834. The molecule has 0 saturated heterocycles. The first-order chi connectivity index (χ1) is 4.45. The maximum atomic E-state index is 10.1. The van der Waals surface area contributed by atoms with Crippen molar-refractivity contribution in [2.45, 2.75) is 5.66 Å². The smallest absolute Gasteiger partial charge is 0.361 e. The number of hydrogen-bond acceptors (Lipinski definition) is 5. The van der Waals surface area contributed by atoms with Crippen LogP contribution in [0.25, 0.3) is 0 Å². The molecular formula is C3H4N4O3. The molecule has 54 valence electrons. The van der Waals surface area contributed by atoms with Gasteiger partial charge in [-0.2, -0.15) is 5.26 Å². The largest absolute Gasteiger partial charge is 0.436 e. The van der Waals surface area contributed by atoms with Gasteiger partial charge in [-0.3, -0.25) is 14.9 Å². The third-order valence-electron chi connectivity index (χ3n) is 0.834. The molecule has 0 aromatic rings. The summed E-state index contributed by atoms with van der Waals surface area (Å²) in [7, 11) is 0. The van der Waals surface area contributed by atoms with Crippen molar-refractivity contribution in [1.29, 1.82) is 5.26 Å². The van der Waals surface area contributed by atoms with E-state index in [-0.39, 0.29) is 0 Å². The Balaban J connectivity index is 4.78. The van der Waals surface area contributed by atoms with Crippen molar-refractivity contribution in [2.75, 3.05) is 0 Å². The van der Waals surface area contributed by atoms with Crippen molar-refractivity contribution in [3.8, 4) is 6.07 Å². The van der Waals surface area contributed by atoms with Crippen LogP contribution >= 0.6 is 0 Å². The van der Waals surface area contributed by atoms with Gasteiger partial charge in [0.05, 0.1) is 4.92 Å². The Hall–Kier alpha value is -1.68. The Kier molecular flexibility index (Phi) is 1.90. The van der Waals surface area contributed by atoms with Crippen LogP contribution < -0.4 is 11.5 Å². The van der Waals surface area contributed by atoms with E-state index in [2.05, 4.69) is 11.5 Å². The van der Waals surface area contributed by atoms with Gasteiger partial charge in [0.15, 0.2) is 6.07 Å². The number of rotatable bonds is 2. The van der Waals surface area contributed by atoms with Gasteiger partial charge in [-0.15, -0.1) is 0 Å². The van der Waals surface area contributed by atoms with Crippen molar-refractivity contribution < 1.29 is 9.72 Å². The highest BCUT2D eigenvalue weighted by Crippen LogP contribution is 1.96. The molecule has 0 aliphatic carbocycles. The first-order valence-electron chi connectivity index (χ1n) is 2.09. The molecule has 0 radical (unpaired) electrons. The van der Waals surface area contributed by atoms with Gasteiger partial charge in [0, 0.05) is 0 Å². The predicted octanol–water partition coefficient (Wildman–Crippen LogP) is -2.07. The number of nitro groups is 1. The fourth-order valence-corrected chi connectivity index (χ4v) is 0.186. The van der Waals surface area contributed by atoms with E-state index in [4.69, 9.17) is 5.26 Å². The van der Waals surface area contributed by atoms with Crippen LogP contribution in [0.3, 0.4) is 0 Å². The molecule has 7 heteroatoms. The van der Waals surface area contributed by atoms with Gasteiger partial charge >= 0.3 is 11.6 Å². The highest BCUT2D eigenvalue weighted by molar-refractivity contribution is 5.85. The molecule has 0 aliphatic heterocycles. The van der Waals surface area contributed by atoms with Crippen molar-refractivity contribution in [1.82, 2.24) is 0 Å². The quantitative estimate of drug-likeness (QED) is 0.260. The number of hydrogen-bond donors (Lipinski definition) is 2. The van der Waals surface area contributed by atoms with E-state index in [1.165, 1.54) is 0 Å². The van der Waals surface area contributed by atoms with Gasteiger partial charge in [0.2, 0.25) is 0 Å². The molecule has 10 heavy (non-hydrogen) atoms. The fraction of sp³-hybridized carbons (Fsp3) is 0.333. The Labute approximate surface area is 55.4 Å². The monoisotopic (exact) mass is 144 g/mol. The van der Waals surface area contributed by atoms with Gasteiger partial charge in [0.1, 0.15) is 0 Å².